The molecular formula is C13H19NO2. The zero-order chi connectivity index (χ0) is 12.3. The van der Waals surface area contributed by atoms with Gasteiger partial charge in [0.15, 0.2) is 0 Å². The third kappa shape index (κ3) is 2.09. The molecule has 88 valence electrons. The van der Waals surface area contributed by atoms with E-state index < -0.39 is 11.5 Å². The van der Waals surface area contributed by atoms with Gasteiger partial charge in [0, 0.05) is 0 Å². The molecule has 0 spiro atoms. The topological polar surface area (TPSA) is 40.5 Å². The van der Waals surface area contributed by atoms with Crippen LogP contribution in [0, 0.1) is 0 Å². The lowest BCUT2D eigenvalue weighted by atomic mass is 9.90. The summed E-state index contributed by atoms with van der Waals surface area (Å²) in [5, 5.41) is 9.34. The van der Waals surface area contributed by atoms with Gasteiger partial charge in [0.25, 0.3) is 0 Å². The van der Waals surface area contributed by atoms with Crippen molar-refractivity contribution < 1.29 is 9.90 Å². The number of hydrogen-bond acceptors (Lipinski definition) is 2. The summed E-state index contributed by atoms with van der Waals surface area (Å²) in [6, 6.07) is 7.76. The second kappa shape index (κ2) is 4.66. The first-order valence-electron chi connectivity index (χ1n) is 5.43. The van der Waals surface area contributed by atoms with E-state index in [0.29, 0.717) is 0 Å². The smallest absolute Gasteiger partial charge is 0.328 e. The Morgan fingerprint density at radius 2 is 1.81 bits per heavy atom. The summed E-state index contributed by atoms with van der Waals surface area (Å²) >= 11 is 0. The number of rotatable bonds is 4. The summed E-state index contributed by atoms with van der Waals surface area (Å²) in [6.45, 7) is 3.80. The summed E-state index contributed by atoms with van der Waals surface area (Å²) in [6.07, 6.45) is 0.964. The van der Waals surface area contributed by atoms with Crippen molar-refractivity contribution in [3.8, 4) is 0 Å². The minimum Gasteiger partial charge on any atom is -0.480 e. The first-order chi connectivity index (χ1) is 7.42. The Kier molecular flexibility index (Phi) is 3.70. The number of hydrogen-bond donors (Lipinski definition) is 1. The van der Waals surface area contributed by atoms with Gasteiger partial charge in [-0.2, -0.15) is 0 Å². The molecule has 0 aromatic heterocycles. The zero-order valence-electron chi connectivity index (χ0n) is 10.3. The summed E-state index contributed by atoms with van der Waals surface area (Å²) in [5.41, 5.74) is 1.06. The SMILES string of the molecule is CCc1ccc(C(C)(C(=O)O)N(C)C)cc1. The van der Waals surface area contributed by atoms with Gasteiger partial charge >= 0.3 is 5.97 Å². The van der Waals surface area contributed by atoms with E-state index in [1.54, 1.807) is 25.9 Å². The number of nitrogens with zero attached hydrogens (tertiary/aromatic N) is 1. The second-order valence-corrected chi connectivity index (χ2v) is 4.32. The van der Waals surface area contributed by atoms with Crippen LogP contribution in [0.4, 0.5) is 0 Å². The fourth-order valence-electron chi connectivity index (χ4n) is 1.64. The number of aliphatic carboxylic acids is 1. The van der Waals surface area contributed by atoms with E-state index >= 15 is 0 Å². The highest BCUT2D eigenvalue weighted by Crippen LogP contribution is 2.26. The Morgan fingerprint density at radius 3 is 2.12 bits per heavy atom. The van der Waals surface area contributed by atoms with Crippen LogP contribution >= 0.6 is 0 Å². The van der Waals surface area contributed by atoms with Gasteiger partial charge in [0.05, 0.1) is 0 Å². The monoisotopic (exact) mass is 221 g/mol. The molecule has 1 rings (SSSR count). The number of aryl methyl sites for hydroxylation is 1. The number of carboxylic acid groups (broad SMARTS) is 1. The largest absolute Gasteiger partial charge is 0.480 e. The Labute approximate surface area is 96.7 Å². The third-order valence-corrected chi connectivity index (χ3v) is 3.24. The zero-order valence-corrected chi connectivity index (χ0v) is 10.3. The van der Waals surface area contributed by atoms with E-state index in [4.69, 9.17) is 0 Å². The summed E-state index contributed by atoms with van der Waals surface area (Å²) < 4.78 is 0. The highest BCUT2D eigenvalue weighted by atomic mass is 16.4. The van der Waals surface area contributed by atoms with Gasteiger partial charge in [-0.25, -0.2) is 4.79 Å². The van der Waals surface area contributed by atoms with Crippen LogP contribution in [0.1, 0.15) is 25.0 Å². The van der Waals surface area contributed by atoms with E-state index in [1.165, 1.54) is 5.56 Å². The number of carbonyl (C=O) groups is 1. The van der Waals surface area contributed by atoms with Crippen LogP contribution in [-0.4, -0.2) is 30.1 Å². The average molecular weight is 221 g/mol. The van der Waals surface area contributed by atoms with Crippen molar-refractivity contribution in [2.45, 2.75) is 25.8 Å². The molecule has 1 atom stereocenters. The van der Waals surface area contributed by atoms with Crippen molar-refractivity contribution in [1.82, 2.24) is 4.90 Å². The molecule has 0 bridgehead atoms. The third-order valence-electron chi connectivity index (χ3n) is 3.24. The molecule has 0 aliphatic rings. The maximum Gasteiger partial charge on any atom is 0.328 e. The van der Waals surface area contributed by atoms with E-state index in [9.17, 15) is 9.90 Å². The van der Waals surface area contributed by atoms with Crippen molar-refractivity contribution >= 4 is 5.97 Å². The average Bonchev–Trinajstić information content (AvgIpc) is 2.27. The van der Waals surface area contributed by atoms with Gasteiger partial charge in [-0.1, -0.05) is 31.2 Å². The fraction of sp³-hybridized carbons (Fsp3) is 0.462. The van der Waals surface area contributed by atoms with Crippen molar-refractivity contribution in [2.24, 2.45) is 0 Å². The lowest BCUT2D eigenvalue weighted by Gasteiger charge is -2.32. The molecule has 3 heteroatoms. The molecule has 3 nitrogen and oxygen atoms in total. The first-order valence-corrected chi connectivity index (χ1v) is 5.43. The number of carboxylic acids is 1. The van der Waals surface area contributed by atoms with Crippen molar-refractivity contribution in [1.29, 1.82) is 0 Å². The second-order valence-electron chi connectivity index (χ2n) is 4.32. The molecule has 0 aliphatic heterocycles. The Balaban J connectivity index is 3.17. The van der Waals surface area contributed by atoms with Crippen LogP contribution in [0.2, 0.25) is 0 Å². The van der Waals surface area contributed by atoms with E-state index in [-0.39, 0.29) is 0 Å². The summed E-state index contributed by atoms with van der Waals surface area (Å²) in [5.74, 6) is -0.832. The molecule has 1 N–H and O–H groups in total. The van der Waals surface area contributed by atoms with Crippen LogP contribution in [0.25, 0.3) is 0 Å². The summed E-state index contributed by atoms with van der Waals surface area (Å²) in [7, 11) is 3.56. The predicted molar refractivity (Wildman–Crippen MR) is 64.5 cm³/mol. The molecule has 16 heavy (non-hydrogen) atoms. The van der Waals surface area contributed by atoms with Crippen molar-refractivity contribution in [3.63, 3.8) is 0 Å². The lowest BCUT2D eigenvalue weighted by molar-refractivity contribution is -0.149. The van der Waals surface area contributed by atoms with E-state index in [0.717, 1.165) is 12.0 Å². The predicted octanol–water partition coefficient (Wildman–Crippen LogP) is 2.11. The molecule has 0 aliphatic carbocycles. The molecule has 0 heterocycles. The number of likely N-dealkylation sites (N-methyl/N-ethyl adjacent to an activating group) is 1. The van der Waals surface area contributed by atoms with Gasteiger partial charge in [0.2, 0.25) is 0 Å². The van der Waals surface area contributed by atoms with E-state index in [2.05, 4.69) is 6.92 Å². The highest BCUT2D eigenvalue weighted by Gasteiger charge is 2.37. The Hall–Kier alpha value is -1.35. The fourth-order valence-corrected chi connectivity index (χ4v) is 1.64. The van der Waals surface area contributed by atoms with E-state index in [1.807, 2.05) is 24.3 Å². The van der Waals surface area contributed by atoms with Crippen LogP contribution in [0.5, 0.6) is 0 Å². The standard InChI is InChI=1S/C13H19NO2/c1-5-10-6-8-11(9-7-10)13(2,12(15)16)14(3)4/h6-9H,5H2,1-4H3,(H,15,16). The molecule has 1 unspecified atom stereocenters. The molecule has 0 fully saturated rings. The van der Waals surface area contributed by atoms with Crippen LogP contribution < -0.4 is 0 Å². The van der Waals surface area contributed by atoms with Gasteiger partial charge in [-0.3, -0.25) is 4.90 Å². The highest BCUT2D eigenvalue weighted by molar-refractivity contribution is 5.80. The van der Waals surface area contributed by atoms with Crippen LogP contribution in [0.15, 0.2) is 24.3 Å². The van der Waals surface area contributed by atoms with Gasteiger partial charge < -0.3 is 5.11 Å². The first kappa shape index (κ1) is 12.7. The molecule has 1 aromatic rings. The maximum atomic E-state index is 11.4. The van der Waals surface area contributed by atoms with Crippen LogP contribution in [0.3, 0.4) is 0 Å². The van der Waals surface area contributed by atoms with Crippen molar-refractivity contribution in [3.05, 3.63) is 35.4 Å². The maximum absolute atomic E-state index is 11.4. The Bertz CT molecular complexity index is 370. The minimum absolute atomic E-state index is 0.808. The molecule has 0 radical (unpaired) electrons. The van der Waals surface area contributed by atoms with Gasteiger partial charge in [-0.15, -0.1) is 0 Å². The van der Waals surface area contributed by atoms with Gasteiger partial charge in [-0.05, 0) is 38.6 Å². The Morgan fingerprint density at radius 1 is 1.31 bits per heavy atom. The summed E-state index contributed by atoms with van der Waals surface area (Å²) in [4.78, 5) is 13.1. The van der Waals surface area contributed by atoms with Gasteiger partial charge in [0.1, 0.15) is 5.54 Å². The minimum atomic E-state index is -0.966. The molecule has 0 saturated heterocycles. The van der Waals surface area contributed by atoms with Crippen LogP contribution in [-0.2, 0) is 16.8 Å². The lowest BCUT2D eigenvalue weighted by Crippen LogP contribution is -2.45. The molecular weight excluding hydrogens is 202 g/mol. The van der Waals surface area contributed by atoms with Crippen molar-refractivity contribution in [2.75, 3.05) is 14.1 Å². The normalized spacial score (nSPS) is 14.8. The quantitative estimate of drug-likeness (QED) is 0.846. The molecule has 0 saturated carbocycles. The molecule has 0 amide bonds. The number of benzene rings is 1. The molecule has 1 aromatic carbocycles.